The first-order valence-corrected chi connectivity index (χ1v) is 5.06. The maximum absolute atomic E-state index is 8.91. The normalized spacial score (nSPS) is 17.4. The zero-order chi connectivity index (χ0) is 9.97. The van der Waals surface area contributed by atoms with Gasteiger partial charge in [-0.3, -0.25) is 0 Å². The van der Waals surface area contributed by atoms with E-state index in [1.54, 1.807) is 0 Å². The van der Waals surface area contributed by atoms with E-state index in [1.165, 1.54) is 12.8 Å². The lowest BCUT2D eigenvalue weighted by molar-refractivity contribution is 0.596. The van der Waals surface area contributed by atoms with Gasteiger partial charge in [-0.05, 0) is 24.0 Å². The van der Waals surface area contributed by atoms with Crippen LogP contribution in [0.3, 0.4) is 0 Å². The first-order chi connectivity index (χ1) is 6.81. The summed E-state index contributed by atoms with van der Waals surface area (Å²) in [5.41, 5.74) is 7.79. The van der Waals surface area contributed by atoms with Crippen LogP contribution in [-0.2, 0) is 0 Å². The molecule has 0 spiro atoms. The summed E-state index contributed by atoms with van der Waals surface area (Å²) in [5, 5.41) is 8.91. The van der Waals surface area contributed by atoms with Crippen LogP contribution in [0, 0.1) is 17.2 Å². The number of nitrogens with zero attached hydrogens (tertiary/aromatic N) is 1. The third-order valence-electron chi connectivity index (χ3n) is 2.76. The van der Waals surface area contributed by atoms with Crippen LogP contribution in [0.15, 0.2) is 24.3 Å². The minimum Gasteiger partial charge on any atom is -0.324 e. The van der Waals surface area contributed by atoms with E-state index in [1.807, 2.05) is 24.3 Å². The molecule has 1 saturated carbocycles. The van der Waals surface area contributed by atoms with Crippen LogP contribution in [0.2, 0.25) is 0 Å². The lowest BCUT2D eigenvalue weighted by atomic mass is 9.98. The smallest absolute Gasteiger partial charge is 0.0995 e. The molecule has 72 valence electrons. The molecule has 1 atom stereocenters. The molecule has 0 saturated heterocycles. The average molecular weight is 186 g/mol. The van der Waals surface area contributed by atoms with Gasteiger partial charge in [0, 0.05) is 6.04 Å². The first-order valence-electron chi connectivity index (χ1n) is 5.06. The lowest BCUT2D eigenvalue weighted by Crippen LogP contribution is -2.12. The molecular formula is C12H14N2. The second-order valence-electron chi connectivity index (χ2n) is 3.98. The number of nitriles is 1. The second-order valence-corrected chi connectivity index (χ2v) is 3.98. The first kappa shape index (κ1) is 9.23. The highest BCUT2D eigenvalue weighted by Gasteiger charge is 2.25. The van der Waals surface area contributed by atoms with Gasteiger partial charge in [0.1, 0.15) is 0 Å². The van der Waals surface area contributed by atoms with Gasteiger partial charge in [-0.2, -0.15) is 5.26 Å². The van der Waals surface area contributed by atoms with Crippen LogP contribution >= 0.6 is 0 Å². The standard InChI is InChI=1S/C12H14N2/c13-8-10-3-1-2-4-11(10)12(14)7-9-5-6-9/h1-4,9,12H,5-7,14H2. The molecule has 0 radical (unpaired) electrons. The van der Waals surface area contributed by atoms with Crippen molar-refractivity contribution in [2.24, 2.45) is 11.7 Å². The molecule has 1 aromatic carbocycles. The zero-order valence-electron chi connectivity index (χ0n) is 8.11. The van der Waals surface area contributed by atoms with Gasteiger partial charge in [0.05, 0.1) is 11.6 Å². The van der Waals surface area contributed by atoms with Crippen LogP contribution in [0.25, 0.3) is 0 Å². The summed E-state index contributed by atoms with van der Waals surface area (Å²) in [4.78, 5) is 0. The Hall–Kier alpha value is -1.33. The Bertz CT molecular complexity index is 361. The molecule has 0 heterocycles. The van der Waals surface area contributed by atoms with E-state index in [-0.39, 0.29) is 6.04 Å². The Morgan fingerprint density at radius 1 is 1.43 bits per heavy atom. The van der Waals surface area contributed by atoms with E-state index in [0.717, 1.165) is 23.5 Å². The summed E-state index contributed by atoms with van der Waals surface area (Å²) in [6.45, 7) is 0. The molecule has 2 N–H and O–H groups in total. The highest BCUT2D eigenvalue weighted by Crippen LogP contribution is 2.37. The molecule has 0 aromatic heterocycles. The van der Waals surface area contributed by atoms with E-state index in [9.17, 15) is 0 Å². The van der Waals surface area contributed by atoms with Crippen LogP contribution in [0.1, 0.15) is 36.4 Å². The third-order valence-corrected chi connectivity index (χ3v) is 2.76. The highest BCUT2D eigenvalue weighted by atomic mass is 14.6. The van der Waals surface area contributed by atoms with Crippen molar-refractivity contribution in [3.63, 3.8) is 0 Å². The number of rotatable bonds is 3. The maximum atomic E-state index is 8.91. The van der Waals surface area contributed by atoms with E-state index >= 15 is 0 Å². The molecule has 1 aromatic rings. The molecule has 1 fully saturated rings. The minimum atomic E-state index is 0.0401. The van der Waals surface area contributed by atoms with Crippen molar-refractivity contribution in [2.45, 2.75) is 25.3 Å². The molecule has 14 heavy (non-hydrogen) atoms. The van der Waals surface area contributed by atoms with Crippen LogP contribution in [-0.4, -0.2) is 0 Å². The van der Waals surface area contributed by atoms with E-state index in [2.05, 4.69) is 6.07 Å². The SMILES string of the molecule is N#Cc1ccccc1C(N)CC1CC1. The predicted molar refractivity (Wildman–Crippen MR) is 55.4 cm³/mol. The van der Waals surface area contributed by atoms with Crippen molar-refractivity contribution in [2.75, 3.05) is 0 Å². The van der Waals surface area contributed by atoms with E-state index in [4.69, 9.17) is 11.0 Å². The molecule has 0 aliphatic heterocycles. The van der Waals surface area contributed by atoms with Crippen molar-refractivity contribution in [3.8, 4) is 6.07 Å². The molecule has 1 unspecified atom stereocenters. The molecule has 1 aliphatic carbocycles. The monoisotopic (exact) mass is 186 g/mol. The van der Waals surface area contributed by atoms with Crippen molar-refractivity contribution in [1.82, 2.24) is 0 Å². The summed E-state index contributed by atoms with van der Waals surface area (Å²) < 4.78 is 0. The maximum Gasteiger partial charge on any atom is 0.0995 e. The van der Waals surface area contributed by atoms with Gasteiger partial charge in [-0.1, -0.05) is 31.0 Å². The Kier molecular flexibility index (Phi) is 2.51. The Morgan fingerprint density at radius 2 is 2.14 bits per heavy atom. The summed E-state index contributed by atoms with van der Waals surface area (Å²) in [6, 6.07) is 9.86. The van der Waals surface area contributed by atoms with Crippen molar-refractivity contribution in [1.29, 1.82) is 5.26 Å². The van der Waals surface area contributed by atoms with Gasteiger partial charge in [0.15, 0.2) is 0 Å². The molecule has 2 heteroatoms. The Labute approximate surface area is 84.3 Å². The van der Waals surface area contributed by atoms with Crippen LogP contribution in [0.5, 0.6) is 0 Å². The largest absolute Gasteiger partial charge is 0.324 e. The van der Waals surface area contributed by atoms with Gasteiger partial charge in [0.2, 0.25) is 0 Å². The highest BCUT2D eigenvalue weighted by molar-refractivity contribution is 5.39. The van der Waals surface area contributed by atoms with Gasteiger partial charge in [0.25, 0.3) is 0 Å². The van der Waals surface area contributed by atoms with Crippen molar-refractivity contribution in [3.05, 3.63) is 35.4 Å². The fourth-order valence-corrected chi connectivity index (χ4v) is 1.76. The molecular weight excluding hydrogens is 172 g/mol. The summed E-state index contributed by atoms with van der Waals surface area (Å²) in [7, 11) is 0. The molecule has 0 bridgehead atoms. The fraction of sp³-hybridized carbons (Fsp3) is 0.417. The van der Waals surface area contributed by atoms with Gasteiger partial charge in [-0.25, -0.2) is 0 Å². The van der Waals surface area contributed by atoms with Gasteiger partial charge in [-0.15, -0.1) is 0 Å². The molecule has 0 amide bonds. The van der Waals surface area contributed by atoms with Gasteiger partial charge >= 0.3 is 0 Å². The quantitative estimate of drug-likeness (QED) is 0.787. The van der Waals surface area contributed by atoms with Crippen LogP contribution in [0.4, 0.5) is 0 Å². The molecule has 1 aliphatic rings. The van der Waals surface area contributed by atoms with Crippen molar-refractivity contribution < 1.29 is 0 Å². The summed E-state index contributed by atoms with van der Waals surface area (Å²) >= 11 is 0. The predicted octanol–water partition coefficient (Wildman–Crippen LogP) is 2.36. The Morgan fingerprint density at radius 3 is 2.79 bits per heavy atom. The number of hydrogen-bond acceptors (Lipinski definition) is 2. The number of hydrogen-bond donors (Lipinski definition) is 1. The summed E-state index contributed by atoms with van der Waals surface area (Å²) in [6.07, 6.45) is 3.64. The van der Waals surface area contributed by atoms with Crippen LogP contribution < -0.4 is 5.73 Å². The third kappa shape index (κ3) is 1.94. The molecule has 2 rings (SSSR count). The van der Waals surface area contributed by atoms with Gasteiger partial charge < -0.3 is 5.73 Å². The van der Waals surface area contributed by atoms with E-state index < -0.39 is 0 Å². The average Bonchev–Trinajstić information content (AvgIpc) is 3.01. The van der Waals surface area contributed by atoms with Crippen molar-refractivity contribution >= 4 is 0 Å². The fourth-order valence-electron chi connectivity index (χ4n) is 1.76. The molecule has 2 nitrogen and oxygen atoms in total. The second kappa shape index (κ2) is 3.81. The zero-order valence-corrected chi connectivity index (χ0v) is 8.11. The minimum absolute atomic E-state index is 0.0401. The lowest BCUT2D eigenvalue weighted by Gasteiger charge is -2.12. The number of benzene rings is 1. The number of nitrogens with two attached hydrogens (primary N) is 1. The van der Waals surface area contributed by atoms with E-state index in [0.29, 0.717) is 0 Å². The Balaban J connectivity index is 2.16. The topological polar surface area (TPSA) is 49.8 Å². The summed E-state index contributed by atoms with van der Waals surface area (Å²) in [5.74, 6) is 0.803.